The highest BCUT2D eigenvalue weighted by atomic mass is 16.5. The third kappa shape index (κ3) is 3.70. The highest BCUT2D eigenvalue weighted by molar-refractivity contribution is 5.78. The molecule has 1 fully saturated rings. The van der Waals surface area contributed by atoms with Crippen LogP contribution in [0.1, 0.15) is 5.56 Å². The first kappa shape index (κ1) is 13.4. The van der Waals surface area contributed by atoms with Gasteiger partial charge in [-0.3, -0.25) is 9.69 Å². The number of ether oxygens (including phenoxy) is 1. The molecule has 5 heteroatoms. The van der Waals surface area contributed by atoms with Crippen LogP contribution in [0.4, 0.5) is 0 Å². The Morgan fingerprint density at radius 1 is 1.32 bits per heavy atom. The van der Waals surface area contributed by atoms with Gasteiger partial charge in [0.05, 0.1) is 18.2 Å². The van der Waals surface area contributed by atoms with Gasteiger partial charge in [-0.25, -0.2) is 0 Å². The maximum absolute atomic E-state index is 11.5. The van der Waals surface area contributed by atoms with Crippen molar-refractivity contribution in [3.63, 3.8) is 0 Å². The summed E-state index contributed by atoms with van der Waals surface area (Å²) >= 11 is 0. The van der Waals surface area contributed by atoms with Crippen LogP contribution in [0.15, 0.2) is 24.3 Å². The summed E-state index contributed by atoms with van der Waals surface area (Å²) in [6.07, 6.45) is 0. The van der Waals surface area contributed by atoms with Gasteiger partial charge in [-0.1, -0.05) is 0 Å². The number of nitriles is 1. The molecule has 0 saturated carbocycles. The average Bonchev–Trinajstić information content (AvgIpc) is 2.43. The highest BCUT2D eigenvalue weighted by Gasteiger charge is 2.20. The molecule has 0 atom stereocenters. The summed E-state index contributed by atoms with van der Waals surface area (Å²) in [5.41, 5.74) is 0.622. The molecule has 0 bridgehead atoms. The first-order chi connectivity index (χ1) is 9.19. The molecule has 19 heavy (non-hydrogen) atoms. The summed E-state index contributed by atoms with van der Waals surface area (Å²) < 4.78 is 5.59. The molecular formula is C14H17N3O2. The van der Waals surface area contributed by atoms with Gasteiger partial charge >= 0.3 is 0 Å². The van der Waals surface area contributed by atoms with Crippen molar-refractivity contribution in [2.45, 2.75) is 0 Å². The zero-order chi connectivity index (χ0) is 13.7. The van der Waals surface area contributed by atoms with Gasteiger partial charge in [-0.05, 0) is 24.3 Å². The van der Waals surface area contributed by atoms with Crippen LogP contribution in [0.5, 0.6) is 5.75 Å². The quantitative estimate of drug-likeness (QED) is 0.799. The van der Waals surface area contributed by atoms with Gasteiger partial charge in [-0.15, -0.1) is 0 Å². The van der Waals surface area contributed by atoms with E-state index in [-0.39, 0.29) is 5.91 Å². The topological polar surface area (TPSA) is 56.6 Å². The number of likely N-dealkylation sites (N-methyl/N-ethyl adjacent to an activating group) is 1. The number of hydrogen-bond donors (Lipinski definition) is 0. The second kappa shape index (κ2) is 6.21. The molecule has 1 saturated heterocycles. The van der Waals surface area contributed by atoms with Gasteiger partial charge in [0.2, 0.25) is 5.91 Å². The van der Waals surface area contributed by atoms with Crippen LogP contribution in [0.2, 0.25) is 0 Å². The number of piperazine rings is 1. The molecule has 1 aliphatic rings. The minimum absolute atomic E-state index is 0.157. The van der Waals surface area contributed by atoms with E-state index in [0.717, 1.165) is 25.4 Å². The molecule has 1 amide bonds. The van der Waals surface area contributed by atoms with E-state index < -0.39 is 0 Å². The van der Waals surface area contributed by atoms with Crippen molar-refractivity contribution in [3.8, 4) is 11.8 Å². The molecule has 1 aromatic rings. The number of nitrogens with zero attached hydrogens (tertiary/aromatic N) is 3. The summed E-state index contributed by atoms with van der Waals surface area (Å²) in [4.78, 5) is 15.4. The standard InChI is InChI=1S/C14H17N3O2/c1-16-6-7-17(11-14(16)18)8-9-19-13-4-2-12(10-15)3-5-13/h2-5H,6-9,11H2,1H3. The molecule has 0 spiro atoms. The Hall–Kier alpha value is -2.06. The molecular weight excluding hydrogens is 242 g/mol. The highest BCUT2D eigenvalue weighted by Crippen LogP contribution is 2.11. The predicted octanol–water partition coefficient (Wildman–Crippen LogP) is 0.711. The van der Waals surface area contributed by atoms with E-state index in [1.54, 1.807) is 29.2 Å². The summed E-state index contributed by atoms with van der Waals surface area (Å²) in [5, 5.41) is 8.69. The lowest BCUT2D eigenvalue weighted by atomic mass is 10.2. The molecule has 1 aromatic carbocycles. The second-order valence-electron chi connectivity index (χ2n) is 4.58. The Morgan fingerprint density at radius 3 is 2.68 bits per heavy atom. The van der Waals surface area contributed by atoms with Gasteiger partial charge in [-0.2, -0.15) is 5.26 Å². The van der Waals surface area contributed by atoms with Gasteiger partial charge in [0.1, 0.15) is 12.4 Å². The first-order valence-corrected chi connectivity index (χ1v) is 6.28. The Morgan fingerprint density at radius 2 is 2.05 bits per heavy atom. The monoisotopic (exact) mass is 259 g/mol. The van der Waals surface area contributed by atoms with Crippen LogP contribution in [-0.2, 0) is 4.79 Å². The Bertz CT molecular complexity index is 478. The van der Waals surface area contributed by atoms with Crippen molar-refractivity contribution in [3.05, 3.63) is 29.8 Å². The number of amides is 1. The molecule has 1 heterocycles. The van der Waals surface area contributed by atoms with E-state index in [1.807, 2.05) is 7.05 Å². The second-order valence-corrected chi connectivity index (χ2v) is 4.58. The lowest BCUT2D eigenvalue weighted by Gasteiger charge is -2.31. The molecule has 1 aliphatic heterocycles. The van der Waals surface area contributed by atoms with Crippen LogP contribution in [-0.4, -0.2) is 55.5 Å². The van der Waals surface area contributed by atoms with Crippen molar-refractivity contribution >= 4 is 5.91 Å². The zero-order valence-corrected chi connectivity index (χ0v) is 11.0. The van der Waals surface area contributed by atoms with Crippen LogP contribution in [0, 0.1) is 11.3 Å². The van der Waals surface area contributed by atoms with Crippen molar-refractivity contribution in [1.82, 2.24) is 9.80 Å². The minimum atomic E-state index is 0.157. The lowest BCUT2D eigenvalue weighted by molar-refractivity contribution is -0.134. The number of hydrogen-bond acceptors (Lipinski definition) is 4. The fraction of sp³-hybridized carbons (Fsp3) is 0.429. The van der Waals surface area contributed by atoms with Gasteiger partial charge in [0, 0.05) is 26.7 Å². The molecule has 0 aliphatic carbocycles. The van der Waals surface area contributed by atoms with Crippen molar-refractivity contribution in [2.75, 3.05) is 39.8 Å². The van der Waals surface area contributed by atoms with Crippen molar-refractivity contribution in [2.24, 2.45) is 0 Å². The summed E-state index contributed by atoms with van der Waals surface area (Å²) in [6.45, 7) is 3.41. The number of rotatable bonds is 4. The zero-order valence-electron chi connectivity index (χ0n) is 11.0. The number of benzene rings is 1. The van der Waals surface area contributed by atoms with Gasteiger partial charge < -0.3 is 9.64 Å². The summed E-state index contributed by atoms with van der Waals surface area (Å²) in [5.74, 6) is 0.907. The summed E-state index contributed by atoms with van der Waals surface area (Å²) in [7, 11) is 1.83. The molecule has 0 N–H and O–H groups in total. The Kier molecular flexibility index (Phi) is 4.37. The third-order valence-electron chi connectivity index (χ3n) is 3.20. The smallest absolute Gasteiger partial charge is 0.236 e. The molecule has 2 rings (SSSR count). The van der Waals surface area contributed by atoms with E-state index in [1.165, 1.54) is 0 Å². The minimum Gasteiger partial charge on any atom is -0.492 e. The van der Waals surface area contributed by atoms with Crippen molar-refractivity contribution in [1.29, 1.82) is 5.26 Å². The van der Waals surface area contributed by atoms with E-state index in [9.17, 15) is 4.79 Å². The fourth-order valence-corrected chi connectivity index (χ4v) is 1.92. The van der Waals surface area contributed by atoms with Gasteiger partial charge in [0.15, 0.2) is 0 Å². The molecule has 0 radical (unpaired) electrons. The molecule has 5 nitrogen and oxygen atoms in total. The van der Waals surface area contributed by atoms with Crippen LogP contribution < -0.4 is 4.74 Å². The SMILES string of the molecule is CN1CCN(CCOc2ccc(C#N)cc2)CC1=O. The Labute approximate surface area is 113 Å². The van der Waals surface area contributed by atoms with Crippen molar-refractivity contribution < 1.29 is 9.53 Å². The predicted molar refractivity (Wildman–Crippen MR) is 70.7 cm³/mol. The summed E-state index contributed by atoms with van der Waals surface area (Å²) in [6, 6.07) is 9.10. The van der Waals surface area contributed by atoms with Gasteiger partial charge in [0.25, 0.3) is 0 Å². The fourth-order valence-electron chi connectivity index (χ4n) is 1.92. The van der Waals surface area contributed by atoms with E-state index >= 15 is 0 Å². The molecule has 0 aromatic heterocycles. The third-order valence-corrected chi connectivity index (χ3v) is 3.20. The number of carbonyl (C=O) groups excluding carboxylic acids is 1. The lowest BCUT2D eigenvalue weighted by Crippen LogP contribution is -2.49. The Balaban J connectivity index is 1.74. The largest absolute Gasteiger partial charge is 0.492 e. The van der Waals surface area contributed by atoms with E-state index in [0.29, 0.717) is 18.7 Å². The normalized spacial score (nSPS) is 16.2. The molecule has 100 valence electrons. The van der Waals surface area contributed by atoms with E-state index in [4.69, 9.17) is 10.00 Å². The van der Waals surface area contributed by atoms with Crippen LogP contribution in [0.3, 0.4) is 0 Å². The maximum atomic E-state index is 11.5. The van der Waals surface area contributed by atoms with Crippen LogP contribution >= 0.6 is 0 Å². The first-order valence-electron chi connectivity index (χ1n) is 6.28. The maximum Gasteiger partial charge on any atom is 0.236 e. The number of carbonyl (C=O) groups is 1. The van der Waals surface area contributed by atoms with Crippen LogP contribution in [0.25, 0.3) is 0 Å². The van der Waals surface area contributed by atoms with E-state index in [2.05, 4.69) is 11.0 Å². The average molecular weight is 259 g/mol. The molecule has 0 unspecified atom stereocenters.